The number of halogens is 3. The van der Waals surface area contributed by atoms with Crippen LogP contribution < -0.4 is 0 Å². The number of nitrogens with zero attached hydrogens (tertiary/aromatic N) is 2. The molecule has 0 saturated carbocycles. The van der Waals surface area contributed by atoms with E-state index < -0.39 is 39.8 Å². The van der Waals surface area contributed by atoms with Crippen LogP contribution in [0.25, 0.3) is 0 Å². The molecule has 23 heavy (non-hydrogen) atoms. The molecule has 2 aliphatic heterocycles. The fourth-order valence-electron chi connectivity index (χ4n) is 3.09. The van der Waals surface area contributed by atoms with Crippen molar-refractivity contribution in [2.45, 2.75) is 31.5 Å². The molecule has 2 rings (SSSR count). The Morgan fingerprint density at radius 2 is 1.87 bits per heavy atom. The van der Waals surface area contributed by atoms with Crippen molar-refractivity contribution in [2.75, 3.05) is 31.6 Å². The van der Waals surface area contributed by atoms with Gasteiger partial charge in [0.25, 0.3) is 0 Å². The average Bonchev–Trinajstić information content (AvgIpc) is 2.84. The lowest BCUT2D eigenvalue weighted by Gasteiger charge is -2.35. The van der Waals surface area contributed by atoms with Crippen molar-refractivity contribution in [1.29, 1.82) is 0 Å². The van der Waals surface area contributed by atoms with Gasteiger partial charge in [-0.05, 0) is 19.3 Å². The molecule has 0 radical (unpaired) electrons. The lowest BCUT2D eigenvalue weighted by Crippen LogP contribution is -2.51. The maximum absolute atomic E-state index is 12.5. The first kappa shape index (κ1) is 18.0. The van der Waals surface area contributed by atoms with Gasteiger partial charge in [0.1, 0.15) is 0 Å². The van der Waals surface area contributed by atoms with E-state index in [9.17, 15) is 31.2 Å². The molecule has 2 aliphatic rings. The van der Waals surface area contributed by atoms with E-state index in [2.05, 4.69) is 0 Å². The zero-order valence-corrected chi connectivity index (χ0v) is 13.5. The van der Waals surface area contributed by atoms with Crippen LogP contribution in [0, 0.1) is 5.92 Å². The number of piperidine rings is 1. The first-order valence-corrected chi connectivity index (χ1v) is 9.16. The second-order valence-electron chi connectivity index (χ2n) is 6.09. The summed E-state index contributed by atoms with van der Waals surface area (Å²) in [6.07, 6.45) is -3.90. The van der Waals surface area contributed by atoms with E-state index in [0.29, 0.717) is 24.2 Å². The van der Waals surface area contributed by atoms with Gasteiger partial charge in [-0.25, -0.2) is 8.42 Å². The van der Waals surface area contributed by atoms with E-state index >= 15 is 0 Å². The van der Waals surface area contributed by atoms with E-state index in [1.807, 2.05) is 0 Å². The fourth-order valence-corrected chi connectivity index (χ4v) is 4.87. The summed E-state index contributed by atoms with van der Waals surface area (Å²) in [7, 11) is -1.68. The van der Waals surface area contributed by atoms with Crippen LogP contribution in [0.4, 0.5) is 13.2 Å². The Bertz CT molecular complexity index is 591. The summed E-state index contributed by atoms with van der Waals surface area (Å²) in [6.45, 7) is -0.301. The third-order valence-corrected chi connectivity index (χ3v) is 6.15. The van der Waals surface area contributed by atoms with Crippen molar-refractivity contribution < 1.29 is 31.2 Å². The Balaban J connectivity index is 2.01. The smallest absolute Gasteiger partial charge is 0.341 e. The van der Waals surface area contributed by atoms with Gasteiger partial charge in [-0.15, -0.1) is 0 Å². The van der Waals surface area contributed by atoms with E-state index in [-0.39, 0.29) is 24.6 Å². The van der Waals surface area contributed by atoms with Crippen molar-refractivity contribution in [1.82, 2.24) is 9.80 Å². The van der Waals surface area contributed by atoms with Gasteiger partial charge < -0.3 is 9.80 Å². The highest BCUT2D eigenvalue weighted by Gasteiger charge is 2.45. The van der Waals surface area contributed by atoms with Crippen LogP contribution >= 0.6 is 0 Å². The summed E-state index contributed by atoms with van der Waals surface area (Å²) in [5.74, 6) is -3.15. The summed E-state index contributed by atoms with van der Waals surface area (Å²) < 4.78 is 60.5. The van der Waals surface area contributed by atoms with Crippen molar-refractivity contribution in [3.8, 4) is 0 Å². The topological polar surface area (TPSA) is 74.8 Å². The second-order valence-corrected chi connectivity index (χ2v) is 8.32. The van der Waals surface area contributed by atoms with E-state index in [4.69, 9.17) is 0 Å². The number of sulfone groups is 1. The van der Waals surface area contributed by atoms with Crippen LogP contribution in [0.15, 0.2) is 0 Å². The van der Waals surface area contributed by atoms with E-state index in [1.54, 1.807) is 0 Å². The monoisotopic (exact) mass is 356 g/mol. The van der Waals surface area contributed by atoms with Crippen molar-refractivity contribution in [3.05, 3.63) is 0 Å². The Kier molecular flexibility index (Phi) is 4.93. The van der Waals surface area contributed by atoms with E-state index in [1.165, 1.54) is 11.9 Å². The molecule has 2 saturated heterocycles. The first-order valence-electron chi connectivity index (χ1n) is 7.34. The lowest BCUT2D eigenvalue weighted by atomic mass is 9.96. The minimum atomic E-state index is -4.95. The molecule has 10 heteroatoms. The minimum Gasteiger partial charge on any atom is -0.341 e. The Morgan fingerprint density at radius 1 is 1.22 bits per heavy atom. The molecule has 2 fully saturated rings. The van der Waals surface area contributed by atoms with Crippen LogP contribution in [-0.2, 0) is 19.4 Å². The molecule has 0 aromatic heterocycles. The van der Waals surface area contributed by atoms with Crippen LogP contribution in [0.1, 0.15) is 19.3 Å². The predicted octanol–water partition coefficient (Wildman–Crippen LogP) is 0.433. The predicted molar refractivity (Wildman–Crippen MR) is 75.2 cm³/mol. The third-order valence-electron chi connectivity index (χ3n) is 4.40. The maximum Gasteiger partial charge on any atom is 0.471 e. The minimum absolute atomic E-state index is 0.0125. The van der Waals surface area contributed by atoms with Gasteiger partial charge in [0, 0.05) is 26.2 Å². The zero-order chi connectivity index (χ0) is 17.4. The van der Waals surface area contributed by atoms with Crippen LogP contribution in [0.5, 0.6) is 0 Å². The number of rotatable bonds is 2. The number of hydrogen-bond donors (Lipinski definition) is 0. The summed E-state index contributed by atoms with van der Waals surface area (Å²) in [4.78, 5) is 25.7. The van der Waals surface area contributed by atoms with Gasteiger partial charge >= 0.3 is 12.1 Å². The first-order chi connectivity index (χ1) is 10.5. The van der Waals surface area contributed by atoms with Crippen LogP contribution in [0.3, 0.4) is 0 Å². The van der Waals surface area contributed by atoms with Gasteiger partial charge in [-0.3, -0.25) is 9.59 Å². The summed E-state index contributed by atoms with van der Waals surface area (Å²) in [5, 5.41) is 0. The zero-order valence-electron chi connectivity index (χ0n) is 12.7. The van der Waals surface area contributed by atoms with Crippen molar-refractivity contribution in [3.63, 3.8) is 0 Å². The molecular weight excluding hydrogens is 337 g/mol. The second kappa shape index (κ2) is 6.29. The molecule has 0 N–H and O–H groups in total. The highest BCUT2D eigenvalue weighted by molar-refractivity contribution is 7.91. The average molecular weight is 356 g/mol. The van der Waals surface area contributed by atoms with E-state index in [0.717, 1.165) is 0 Å². The van der Waals surface area contributed by atoms with Gasteiger partial charge in [0.15, 0.2) is 9.84 Å². The van der Waals surface area contributed by atoms with Crippen molar-refractivity contribution >= 4 is 21.7 Å². The molecule has 2 amide bonds. The molecule has 2 atom stereocenters. The standard InChI is InChI=1S/C13H19F3N2O4S/c1-17(10-4-6-23(21,22)8-10)11(19)9-3-2-5-18(7-9)12(20)13(14,15)16/h9-10H,2-8H2,1H3. The Hall–Kier alpha value is -1.32. The lowest BCUT2D eigenvalue weighted by molar-refractivity contribution is -0.187. The summed E-state index contributed by atoms with van der Waals surface area (Å²) in [5.41, 5.74) is 0. The molecular formula is C13H19F3N2O4S. The molecule has 2 heterocycles. The molecule has 0 aromatic carbocycles. The largest absolute Gasteiger partial charge is 0.471 e. The normalized spacial score (nSPS) is 27.7. The molecule has 132 valence electrons. The summed E-state index contributed by atoms with van der Waals surface area (Å²) in [6, 6.07) is -0.443. The Labute approximate surface area is 132 Å². The quantitative estimate of drug-likeness (QED) is 0.719. The van der Waals surface area contributed by atoms with Gasteiger partial charge in [-0.1, -0.05) is 0 Å². The molecule has 0 aliphatic carbocycles. The molecule has 6 nitrogen and oxygen atoms in total. The van der Waals surface area contributed by atoms with Gasteiger partial charge in [0.2, 0.25) is 5.91 Å². The number of likely N-dealkylation sites (tertiary alicyclic amines) is 1. The SMILES string of the molecule is CN(C(=O)C1CCCN(C(=O)C(F)(F)F)C1)C1CCS(=O)(=O)C1. The van der Waals surface area contributed by atoms with Crippen LogP contribution in [0.2, 0.25) is 0 Å². The maximum atomic E-state index is 12.5. The van der Waals surface area contributed by atoms with Crippen LogP contribution in [-0.4, -0.2) is 73.9 Å². The summed E-state index contributed by atoms with van der Waals surface area (Å²) >= 11 is 0. The van der Waals surface area contributed by atoms with Crippen molar-refractivity contribution in [2.24, 2.45) is 5.92 Å². The number of alkyl halides is 3. The van der Waals surface area contributed by atoms with Gasteiger partial charge in [-0.2, -0.15) is 13.2 Å². The molecule has 0 bridgehead atoms. The number of carbonyl (C=O) groups is 2. The highest BCUT2D eigenvalue weighted by Crippen LogP contribution is 2.26. The molecule has 0 aromatic rings. The number of carbonyl (C=O) groups excluding carboxylic acids is 2. The molecule has 0 spiro atoms. The molecule has 2 unspecified atom stereocenters. The third kappa shape index (κ3) is 4.15. The van der Waals surface area contributed by atoms with Gasteiger partial charge in [0.05, 0.1) is 17.4 Å². The Morgan fingerprint density at radius 3 is 2.39 bits per heavy atom. The number of hydrogen-bond acceptors (Lipinski definition) is 4. The highest BCUT2D eigenvalue weighted by atomic mass is 32.2. The number of amides is 2. The fraction of sp³-hybridized carbons (Fsp3) is 0.846.